The number of hydroxylamine groups is 1. The number of ether oxygens (including phenoxy) is 1. The standard InChI is InChI=1S/C10H16N2O4/c1-3-9(13)11-5-6-15-7-8-16-12-10(14)4-2/h3-4H,1-2,5-8H2,(H,11,13)(H,12,14). The minimum Gasteiger partial charge on any atom is -0.377 e. The molecule has 16 heavy (non-hydrogen) atoms. The number of nitrogens with one attached hydrogen (secondary N) is 2. The average molecular weight is 228 g/mol. The lowest BCUT2D eigenvalue weighted by Crippen LogP contribution is -2.27. The third kappa shape index (κ3) is 8.92. The molecule has 2 amide bonds. The van der Waals surface area contributed by atoms with Gasteiger partial charge in [0, 0.05) is 6.54 Å². The molecule has 2 N–H and O–H groups in total. The van der Waals surface area contributed by atoms with Gasteiger partial charge < -0.3 is 10.1 Å². The quantitative estimate of drug-likeness (QED) is 0.318. The number of rotatable bonds is 9. The highest BCUT2D eigenvalue weighted by molar-refractivity contribution is 5.86. The summed E-state index contributed by atoms with van der Waals surface area (Å²) >= 11 is 0. The molecule has 0 saturated heterocycles. The largest absolute Gasteiger partial charge is 0.377 e. The number of carbonyl (C=O) groups is 2. The van der Waals surface area contributed by atoms with E-state index in [9.17, 15) is 9.59 Å². The van der Waals surface area contributed by atoms with E-state index in [0.717, 1.165) is 6.08 Å². The highest BCUT2D eigenvalue weighted by Crippen LogP contribution is 1.76. The van der Waals surface area contributed by atoms with Crippen molar-refractivity contribution in [3.63, 3.8) is 0 Å². The van der Waals surface area contributed by atoms with Crippen LogP contribution < -0.4 is 10.8 Å². The van der Waals surface area contributed by atoms with Gasteiger partial charge >= 0.3 is 0 Å². The Morgan fingerprint density at radius 3 is 2.38 bits per heavy atom. The van der Waals surface area contributed by atoms with Crippen molar-refractivity contribution in [1.82, 2.24) is 10.8 Å². The summed E-state index contributed by atoms with van der Waals surface area (Å²) in [5.41, 5.74) is 2.13. The van der Waals surface area contributed by atoms with Gasteiger partial charge in [-0.15, -0.1) is 0 Å². The van der Waals surface area contributed by atoms with Crippen LogP contribution in [0.5, 0.6) is 0 Å². The van der Waals surface area contributed by atoms with Gasteiger partial charge in [-0.05, 0) is 12.2 Å². The molecule has 6 heteroatoms. The average Bonchev–Trinajstić information content (AvgIpc) is 2.31. The van der Waals surface area contributed by atoms with Gasteiger partial charge in [-0.2, -0.15) is 0 Å². The smallest absolute Gasteiger partial charge is 0.266 e. The number of amides is 2. The Kier molecular flexibility index (Phi) is 8.85. The summed E-state index contributed by atoms with van der Waals surface area (Å²) in [5.74, 6) is -0.642. The van der Waals surface area contributed by atoms with Gasteiger partial charge in [-0.3, -0.25) is 14.4 Å². The molecule has 0 rings (SSSR count). The maximum absolute atomic E-state index is 10.7. The van der Waals surface area contributed by atoms with Crippen LogP contribution in [0, 0.1) is 0 Å². The maximum atomic E-state index is 10.7. The van der Waals surface area contributed by atoms with E-state index >= 15 is 0 Å². The van der Waals surface area contributed by atoms with E-state index in [1.165, 1.54) is 6.08 Å². The summed E-state index contributed by atoms with van der Waals surface area (Å²) in [5, 5.41) is 2.54. The van der Waals surface area contributed by atoms with E-state index in [4.69, 9.17) is 9.57 Å². The zero-order valence-corrected chi connectivity index (χ0v) is 9.03. The zero-order chi connectivity index (χ0) is 12.2. The van der Waals surface area contributed by atoms with Crippen LogP contribution in [0.25, 0.3) is 0 Å². The SMILES string of the molecule is C=CC(=O)NCCOCCONC(=O)C=C. The Bertz CT molecular complexity index is 227. The summed E-state index contributed by atoms with van der Waals surface area (Å²) in [6.07, 6.45) is 2.29. The van der Waals surface area contributed by atoms with E-state index in [-0.39, 0.29) is 12.5 Å². The van der Waals surface area contributed by atoms with Crippen molar-refractivity contribution >= 4 is 11.8 Å². The first-order valence-electron chi connectivity index (χ1n) is 4.73. The van der Waals surface area contributed by atoms with Crippen LogP contribution in [-0.2, 0) is 19.2 Å². The molecule has 0 radical (unpaired) electrons. The Morgan fingerprint density at radius 2 is 1.75 bits per heavy atom. The Balaban J connectivity index is 3.15. The van der Waals surface area contributed by atoms with Gasteiger partial charge in [0.25, 0.3) is 5.91 Å². The van der Waals surface area contributed by atoms with Crippen LogP contribution >= 0.6 is 0 Å². The van der Waals surface area contributed by atoms with Crippen molar-refractivity contribution in [2.75, 3.05) is 26.4 Å². The summed E-state index contributed by atoms with van der Waals surface area (Å²) in [6, 6.07) is 0. The number of hydrogen-bond acceptors (Lipinski definition) is 4. The lowest BCUT2D eigenvalue weighted by Gasteiger charge is -2.05. The molecule has 0 unspecified atom stereocenters. The fourth-order valence-corrected chi connectivity index (χ4v) is 0.685. The molecule has 0 spiro atoms. The van der Waals surface area contributed by atoms with Gasteiger partial charge in [0.05, 0.1) is 19.8 Å². The minimum absolute atomic E-state index is 0.231. The Hall–Kier alpha value is -1.66. The van der Waals surface area contributed by atoms with E-state index in [0.29, 0.717) is 19.8 Å². The molecule has 0 aliphatic rings. The minimum atomic E-state index is -0.404. The summed E-state index contributed by atoms with van der Waals surface area (Å²) < 4.78 is 5.09. The third-order valence-electron chi connectivity index (χ3n) is 1.42. The molecule has 90 valence electrons. The van der Waals surface area contributed by atoms with Gasteiger partial charge in [0.2, 0.25) is 5.91 Å². The molecule has 0 heterocycles. The first-order valence-corrected chi connectivity index (χ1v) is 4.73. The first-order chi connectivity index (χ1) is 7.70. The monoisotopic (exact) mass is 228 g/mol. The van der Waals surface area contributed by atoms with E-state index in [1.54, 1.807) is 0 Å². The number of carbonyl (C=O) groups excluding carboxylic acids is 2. The van der Waals surface area contributed by atoms with Crippen LogP contribution in [0.3, 0.4) is 0 Å². The fourth-order valence-electron chi connectivity index (χ4n) is 0.685. The third-order valence-corrected chi connectivity index (χ3v) is 1.42. The van der Waals surface area contributed by atoms with E-state index < -0.39 is 5.91 Å². The Morgan fingerprint density at radius 1 is 1.06 bits per heavy atom. The van der Waals surface area contributed by atoms with Gasteiger partial charge in [0.1, 0.15) is 0 Å². The Labute approximate surface area is 94.2 Å². The maximum Gasteiger partial charge on any atom is 0.266 e. The number of hydrogen-bond donors (Lipinski definition) is 2. The van der Waals surface area contributed by atoms with E-state index in [2.05, 4.69) is 24.0 Å². The topological polar surface area (TPSA) is 76.7 Å². The molecule has 0 aromatic carbocycles. The fraction of sp³-hybridized carbons (Fsp3) is 0.400. The van der Waals surface area contributed by atoms with Crippen molar-refractivity contribution < 1.29 is 19.2 Å². The van der Waals surface area contributed by atoms with Crippen molar-refractivity contribution in [2.24, 2.45) is 0 Å². The molecular weight excluding hydrogens is 212 g/mol. The summed E-state index contributed by atoms with van der Waals surface area (Å²) in [4.78, 5) is 26.0. The van der Waals surface area contributed by atoms with Crippen molar-refractivity contribution in [1.29, 1.82) is 0 Å². The molecule has 0 atom stereocenters. The lowest BCUT2D eigenvalue weighted by atomic mass is 10.5. The molecule has 0 aromatic heterocycles. The molecule has 0 aliphatic heterocycles. The van der Waals surface area contributed by atoms with E-state index in [1.807, 2.05) is 0 Å². The molecular formula is C10H16N2O4. The van der Waals surface area contributed by atoms with Gasteiger partial charge in [-0.25, -0.2) is 5.48 Å². The van der Waals surface area contributed by atoms with Crippen molar-refractivity contribution in [2.45, 2.75) is 0 Å². The van der Waals surface area contributed by atoms with Crippen LogP contribution in [0.4, 0.5) is 0 Å². The van der Waals surface area contributed by atoms with Crippen LogP contribution in [0.2, 0.25) is 0 Å². The summed E-state index contributed by atoms with van der Waals surface area (Å²) in [7, 11) is 0. The molecule has 0 aromatic rings. The second kappa shape index (κ2) is 9.88. The second-order valence-corrected chi connectivity index (χ2v) is 2.63. The molecule has 0 fully saturated rings. The summed E-state index contributed by atoms with van der Waals surface area (Å²) in [6.45, 7) is 7.89. The highest BCUT2D eigenvalue weighted by Gasteiger charge is 1.94. The van der Waals surface area contributed by atoms with Gasteiger partial charge in [0.15, 0.2) is 0 Å². The zero-order valence-electron chi connectivity index (χ0n) is 9.03. The lowest BCUT2D eigenvalue weighted by molar-refractivity contribution is -0.129. The molecule has 6 nitrogen and oxygen atoms in total. The predicted octanol–water partition coefficient (Wildman–Crippen LogP) is -0.461. The normalized spacial score (nSPS) is 9.25. The molecule has 0 aliphatic carbocycles. The molecule has 0 bridgehead atoms. The van der Waals surface area contributed by atoms with Crippen molar-refractivity contribution in [3.05, 3.63) is 25.3 Å². The predicted molar refractivity (Wildman–Crippen MR) is 58.3 cm³/mol. The second-order valence-electron chi connectivity index (χ2n) is 2.63. The van der Waals surface area contributed by atoms with Crippen LogP contribution in [0.15, 0.2) is 25.3 Å². The first kappa shape index (κ1) is 14.3. The van der Waals surface area contributed by atoms with Crippen molar-refractivity contribution in [3.8, 4) is 0 Å². The van der Waals surface area contributed by atoms with Crippen LogP contribution in [-0.4, -0.2) is 38.2 Å². The van der Waals surface area contributed by atoms with Gasteiger partial charge in [-0.1, -0.05) is 13.2 Å². The van der Waals surface area contributed by atoms with Crippen LogP contribution in [0.1, 0.15) is 0 Å². The molecule has 0 saturated carbocycles. The highest BCUT2D eigenvalue weighted by atomic mass is 16.7.